The first-order chi connectivity index (χ1) is 14.3. The number of likely N-dealkylation sites (tertiary alicyclic amines) is 1. The molecule has 5 atom stereocenters. The molecule has 3 heterocycles. The summed E-state index contributed by atoms with van der Waals surface area (Å²) in [6, 6.07) is 24.9. The summed E-state index contributed by atoms with van der Waals surface area (Å²) in [6.07, 6.45) is 1.37. The van der Waals surface area contributed by atoms with E-state index in [1.807, 2.05) is 29.2 Å². The van der Waals surface area contributed by atoms with Crippen molar-refractivity contribution in [3.63, 3.8) is 0 Å². The van der Waals surface area contributed by atoms with Crippen LogP contribution in [0.5, 0.6) is 0 Å². The molecule has 148 valence electrons. The summed E-state index contributed by atoms with van der Waals surface area (Å²) in [5, 5.41) is 3.87. The van der Waals surface area contributed by atoms with Crippen LogP contribution < -0.4 is 5.32 Å². The van der Waals surface area contributed by atoms with E-state index < -0.39 is 0 Å². The Labute approximate surface area is 170 Å². The van der Waals surface area contributed by atoms with Crippen molar-refractivity contribution in [3.05, 3.63) is 95.9 Å². The van der Waals surface area contributed by atoms with Gasteiger partial charge in [0.2, 0.25) is 0 Å². The highest BCUT2D eigenvalue weighted by Crippen LogP contribution is 2.56. The molecular weight excluding hydrogens is 364 g/mol. The predicted molar refractivity (Wildman–Crippen MR) is 109 cm³/mol. The van der Waals surface area contributed by atoms with Gasteiger partial charge >= 0.3 is 6.09 Å². The quantitative estimate of drug-likeness (QED) is 0.705. The Balaban J connectivity index is 1.61. The number of methoxy groups -OCH3 is 1. The summed E-state index contributed by atoms with van der Waals surface area (Å²) in [4.78, 5) is 14.5. The van der Waals surface area contributed by atoms with Gasteiger partial charge in [-0.15, -0.1) is 0 Å². The normalized spacial score (nSPS) is 28.3. The first kappa shape index (κ1) is 18.0. The fraction of sp³-hybridized carbons (Fsp3) is 0.292. The number of hydrogen-bond donors (Lipinski definition) is 1. The number of furan rings is 1. The van der Waals surface area contributed by atoms with Crippen LogP contribution in [0.1, 0.15) is 35.0 Å². The molecular formula is C24H24N2O3. The average Bonchev–Trinajstić information content (AvgIpc) is 3.50. The van der Waals surface area contributed by atoms with Crippen LogP contribution in [0.25, 0.3) is 0 Å². The second-order valence-corrected chi connectivity index (χ2v) is 7.77. The van der Waals surface area contributed by atoms with Gasteiger partial charge < -0.3 is 14.5 Å². The fourth-order valence-corrected chi connectivity index (χ4v) is 5.18. The monoisotopic (exact) mass is 388 g/mol. The van der Waals surface area contributed by atoms with Gasteiger partial charge in [0.25, 0.3) is 0 Å². The Bertz CT molecular complexity index is 958. The molecule has 1 amide bonds. The van der Waals surface area contributed by atoms with Crippen molar-refractivity contribution in [2.75, 3.05) is 13.7 Å². The number of benzene rings is 2. The lowest BCUT2D eigenvalue weighted by Gasteiger charge is -2.29. The second-order valence-electron chi connectivity index (χ2n) is 7.77. The van der Waals surface area contributed by atoms with Gasteiger partial charge in [-0.25, -0.2) is 4.79 Å². The molecule has 29 heavy (non-hydrogen) atoms. The number of carbonyl (C=O) groups excluding carboxylic acids is 1. The number of hydrogen-bond acceptors (Lipinski definition) is 4. The van der Waals surface area contributed by atoms with Gasteiger partial charge in [-0.05, 0) is 23.3 Å². The number of amides is 1. The highest BCUT2D eigenvalue weighted by atomic mass is 16.5. The lowest BCUT2D eigenvalue weighted by molar-refractivity contribution is 0.104. The number of nitrogens with zero attached hydrogens (tertiary/aromatic N) is 1. The third kappa shape index (κ3) is 3.02. The molecule has 2 aliphatic heterocycles. The third-order valence-corrected chi connectivity index (χ3v) is 6.34. The summed E-state index contributed by atoms with van der Waals surface area (Å²) >= 11 is 0. The number of rotatable bonds is 3. The summed E-state index contributed by atoms with van der Waals surface area (Å²) in [7, 11) is 1.44. The minimum atomic E-state index is -0.306. The molecule has 2 aliphatic rings. The van der Waals surface area contributed by atoms with Gasteiger partial charge in [-0.1, -0.05) is 60.7 Å². The van der Waals surface area contributed by atoms with Crippen LogP contribution in [-0.2, 0) is 4.74 Å². The summed E-state index contributed by atoms with van der Waals surface area (Å²) in [5.41, 5.74) is 2.47. The Kier molecular flexibility index (Phi) is 4.60. The first-order valence-electron chi connectivity index (χ1n) is 10.0. The van der Waals surface area contributed by atoms with Crippen LogP contribution in [-0.4, -0.2) is 24.6 Å². The number of fused-ring (bicyclic) bond motifs is 1. The molecule has 5 unspecified atom stereocenters. The highest BCUT2D eigenvalue weighted by Gasteiger charge is 2.57. The van der Waals surface area contributed by atoms with Gasteiger partial charge in [-0.3, -0.25) is 4.90 Å². The van der Waals surface area contributed by atoms with Crippen molar-refractivity contribution in [2.45, 2.75) is 18.1 Å². The smallest absolute Gasteiger partial charge is 0.410 e. The van der Waals surface area contributed by atoms with Crippen LogP contribution in [0.15, 0.2) is 83.5 Å². The molecule has 0 aliphatic carbocycles. The minimum Gasteiger partial charge on any atom is -0.467 e. The molecule has 2 aromatic carbocycles. The van der Waals surface area contributed by atoms with E-state index in [9.17, 15) is 4.79 Å². The van der Waals surface area contributed by atoms with Gasteiger partial charge in [0.15, 0.2) is 0 Å². The van der Waals surface area contributed by atoms with Crippen LogP contribution in [0.2, 0.25) is 0 Å². The van der Waals surface area contributed by atoms with Gasteiger partial charge in [-0.2, -0.15) is 0 Å². The van der Waals surface area contributed by atoms with E-state index in [4.69, 9.17) is 9.15 Å². The Morgan fingerprint density at radius 3 is 2.21 bits per heavy atom. The van der Waals surface area contributed by atoms with Crippen LogP contribution in [0, 0.1) is 11.8 Å². The summed E-state index contributed by atoms with van der Waals surface area (Å²) in [6.45, 7) is 0.624. The molecule has 0 radical (unpaired) electrons. The Hall–Kier alpha value is -3.05. The van der Waals surface area contributed by atoms with Crippen LogP contribution in [0.4, 0.5) is 4.79 Å². The molecule has 2 fully saturated rings. The second kappa shape index (κ2) is 7.41. The van der Waals surface area contributed by atoms with Crippen LogP contribution >= 0.6 is 0 Å². The maximum Gasteiger partial charge on any atom is 0.410 e. The maximum atomic E-state index is 12.7. The van der Waals surface area contributed by atoms with Gasteiger partial charge in [0.1, 0.15) is 5.76 Å². The van der Waals surface area contributed by atoms with Crippen molar-refractivity contribution < 1.29 is 13.9 Å². The zero-order valence-corrected chi connectivity index (χ0v) is 16.3. The van der Waals surface area contributed by atoms with E-state index >= 15 is 0 Å². The molecule has 3 aromatic rings. The van der Waals surface area contributed by atoms with E-state index in [0.29, 0.717) is 6.54 Å². The van der Waals surface area contributed by atoms with E-state index in [1.54, 1.807) is 6.26 Å². The van der Waals surface area contributed by atoms with E-state index in [0.717, 1.165) is 5.76 Å². The number of ether oxygens (including phenoxy) is 1. The molecule has 2 saturated heterocycles. The number of nitrogens with one attached hydrogen (secondary N) is 1. The zero-order chi connectivity index (χ0) is 19.8. The summed E-state index contributed by atoms with van der Waals surface area (Å²) in [5.74, 6) is 1.23. The zero-order valence-electron chi connectivity index (χ0n) is 16.3. The highest BCUT2D eigenvalue weighted by molar-refractivity contribution is 5.69. The molecule has 1 N–H and O–H groups in total. The van der Waals surface area contributed by atoms with Crippen molar-refractivity contribution in [3.8, 4) is 0 Å². The molecule has 5 heteroatoms. The summed E-state index contributed by atoms with van der Waals surface area (Å²) < 4.78 is 10.9. The number of carbonyl (C=O) groups is 1. The first-order valence-corrected chi connectivity index (χ1v) is 10.0. The van der Waals surface area contributed by atoms with E-state index in [-0.39, 0.29) is 36.1 Å². The SMILES string of the molecule is COC(=O)N1CC2C(c3ccccc3)NC(c3ccccc3)C2C1c1ccco1. The maximum absolute atomic E-state index is 12.7. The van der Waals surface area contributed by atoms with Crippen molar-refractivity contribution in [1.29, 1.82) is 0 Å². The third-order valence-electron chi connectivity index (χ3n) is 6.34. The molecule has 5 rings (SSSR count). The lowest BCUT2D eigenvalue weighted by Crippen LogP contribution is -2.36. The standard InChI is InChI=1S/C24H24N2O3/c1-28-24(27)26-15-18-20(23(26)19-13-8-14-29-19)22(17-11-6-3-7-12-17)25-21(18)16-9-4-2-5-10-16/h2-14,18,20-23,25H,15H2,1H3. The molecule has 0 bridgehead atoms. The van der Waals surface area contributed by atoms with Crippen molar-refractivity contribution >= 4 is 6.09 Å². The average molecular weight is 388 g/mol. The Morgan fingerprint density at radius 1 is 0.966 bits per heavy atom. The van der Waals surface area contributed by atoms with E-state index in [2.05, 4.69) is 53.8 Å². The van der Waals surface area contributed by atoms with E-state index in [1.165, 1.54) is 18.2 Å². The van der Waals surface area contributed by atoms with Crippen molar-refractivity contribution in [1.82, 2.24) is 10.2 Å². The molecule has 0 spiro atoms. The molecule has 1 aromatic heterocycles. The van der Waals surface area contributed by atoms with Crippen molar-refractivity contribution in [2.24, 2.45) is 11.8 Å². The predicted octanol–water partition coefficient (Wildman–Crippen LogP) is 4.72. The van der Waals surface area contributed by atoms with Gasteiger partial charge in [0, 0.05) is 30.5 Å². The molecule has 0 saturated carbocycles. The largest absolute Gasteiger partial charge is 0.467 e. The topological polar surface area (TPSA) is 54.7 Å². The van der Waals surface area contributed by atoms with Gasteiger partial charge in [0.05, 0.1) is 19.4 Å². The fourth-order valence-electron chi connectivity index (χ4n) is 5.18. The Morgan fingerprint density at radius 2 is 1.62 bits per heavy atom. The molecule has 5 nitrogen and oxygen atoms in total. The van der Waals surface area contributed by atoms with Crippen LogP contribution in [0.3, 0.4) is 0 Å². The lowest BCUT2D eigenvalue weighted by atomic mass is 9.81. The minimum absolute atomic E-state index is 0.108.